The van der Waals surface area contributed by atoms with Gasteiger partial charge in [0.2, 0.25) is 0 Å². The van der Waals surface area contributed by atoms with Gasteiger partial charge in [-0.25, -0.2) is 0 Å². The SMILES string of the molecule is CO[C@@H]1[C@H](N(C)C(=O)c2ccccc2)C[C@H]2O[C@]1(C)n1c3ccccc3c3c4c(c5c6ccccc6n2c5c31)C(=O)[CH]C4. The molecule has 2 aromatic heterocycles. The molecule has 7 nitrogen and oxygen atoms in total. The Morgan fingerprint density at radius 2 is 1.60 bits per heavy atom. The average Bonchev–Trinajstić information content (AvgIpc) is 3.68. The van der Waals surface area contributed by atoms with Gasteiger partial charge in [0.25, 0.3) is 5.91 Å². The van der Waals surface area contributed by atoms with Crippen LogP contribution in [0.3, 0.4) is 0 Å². The van der Waals surface area contributed by atoms with Crippen molar-refractivity contribution in [2.24, 2.45) is 0 Å². The normalized spacial score (nSPS) is 24.3. The molecule has 4 atom stereocenters. The third-order valence-electron chi connectivity index (χ3n) is 10.1. The molecule has 0 saturated carbocycles. The minimum absolute atomic E-state index is 0.0578. The van der Waals surface area contributed by atoms with E-state index in [9.17, 15) is 9.59 Å². The number of ketones is 1. The number of para-hydroxylation sites is 2. The van der Waals surface area contributed by atoms with Crippen LogP contribution < -0.4 is 0 Å². The number of aromatic nitrogens is 2. The van der Waals surface area contributed by atoms with Gasteiger partial charge < -0.3 is 23.5 Å². The molecule has 0 N–H and O–H groups in total. The first kappa shape index (κ1) is 25.1. The molecule has 0 unspecified atom stereocenters. The minimum atomic E-state index is -0.970. The van der Waals surface area contributed by atoms with E-state index in [0.717, 1.165) is 54.7 Å². The van der Waals surface area contributed by atoms with E-state index in [-0.39, 0.29) is 17.7 Å². The fraction of sp³-hybridized carbons (Fsp3) is 0.250. The summed E-state index contributed by atoms with van der Waals surface area (Å²) in [5.41, 5.74) is 5.65. The van der Waals surface area contributed by atoms with Gasteiger partial charge in [-0.15, -0.1) is 0 Å². The van der Waals surface area contributed by atoms with Crippen molar-refractivity contribution in [2.45, 2.75) is 43.9 Å². The molecule has 1 aliphatic carbocycles. The summed E-state index contributed by atoms with van der Waals surface area (Å²) < 4.78 is 18.2. The number of amides is 1. The highest BCUT2D eigenvalue weighted by molar-refractivity contribution is 6.32. The fourth-order valence-corrected chi connectivity index (χ4v) is 8.42. The molecule has 1 saturated heterocycles. The molecule has 4 heterocycles. The lowest BCUT2D eigenvalue weighted by Crippen LogP contribution is -2.61. The molecule has 43 heavy (non-hydrogen) atoms. The number of carbonyl (C=O) groups excluding carboxylic acids is 2. The Hall–Kier alpha value is -4.46. The molecule has 6 aromatic rings. The summed E-state index contributed by atoms with van der Waals surface area (Å²) >= 11 is 0. The second-order valence-electron chi connectivity index (χ2n) is 12.2. The zero-order valence-electron chi connectivity index (χ0n) is 24.2. The van der Waals surface area contributed by atoms with Crippen molar-refractivity contribution in [1.29, 1.82) is 0 Å². The standard InChI is InChI=1S/C36H30N3O4/c1-36-34(42-3)26(37(2)35(41)20-11-5-4-6-12-20)19-28(43-36)38-24-15-9-7-13-21(24)31-30-23(17-18-27(30)40)29-22-14-8-10-16-25(22)39(36)33(29)32(31)38/h4-16,18,26,28,34H,17,19H2,1-3H3/t26-,28-,34-,36+/m1/s1. The Kier molecular flexibility index (Phi) is 4.99. The molecule has 4 aromatic carbocycles. The van der Waals surface area contributed by atoms with Gasteiger partial charge in [-0.05, 0) is 43.2 Å². The number of hydrogen-bond donors (Lipinski definition) is 0. The quantitative estimate of drug-likeness (QED) is 0.241. The molecule has 2 aliphatic heterocycles. The van der Waals surface area contributed by atoms with Crippen molar-refractivity contribution in [3.63, 3.8) is 0 Å². The second-order valence-corrected chi connectivity index (χ2v) is 12.2. The first-order chi connectivity index (χ1) is 20.9. The maximum Gasteiger partial charge on any atom is 0.253 e. The smallest absolute Gasteiger partial charge is 0.253 e. The van der Waals surface area contributed by atoms with Crippen LogP contribution in [0.5, 0.6) is 0 Å². The van der Waals surface area contributed by atoms with E-state index in [1.807, 2.05) is 66.9 Å². The van der Waals surface area contributed by atoms with Crippen LogP contribution >= 0.6 is 0 Å². The van der Waals surface area contributed by atoms with Gasteiger partial charge in [0.15, 0.2) is 11.5 Å². The van der Waals surface area contributed by atoms with Crippen LogP contribution in [0.4, 0.5) is 0 Å². The van der Waals surface area contributed by atoms with Crippen molar-refractivity contribution in [3.05, 3.63) is 102 Å². The Balaban J connectivity index is 1.43. The predicted octanol–water partition coefficient (Wildman–Crippen LogP) is 6.61. The molecule has 213 valence electrons. The van der Waals surface area contributed by atoms with Crippen LogP contribution in [0.1, 0.15) is 45.9 Å². The highest BCUT2D eigenvalue weighted by atomic mass is 16.6. The van der Waals surface area contributed by atoms with Gasteiger partial charge in [0.05, 0.1) is 28.1 Å². The summed E-state index contributed by atoms with van der Waals surface area (Å²) in [6.07, 6.45) is 2.06. The van der Waals surface area contributed by atoms with Crippen LogP contribution in [0.2, 0.25) is 0 Å². The Morgan fingerprint density at radius 3 is 2.35 bits per heavy atom. The number of Topliss-reactive ketones (excluding diaryl/α,β-unsaturated/α-hetero) is 1. The van der Waals surface area contributed by atoms with Gasteiger partial charge in [-0.1, -0.05) is 54.6 Å². The van der Waals surface area contributed by atoms with Crippen LogP contribution in [0, 0.1) is 6.42 Å². The van der Waals surface area contributed by atoms with E-state index in [2.05, 4.69) is 46.4 Å². The topological polar surface area (TPSA) is 65.7 Å². The molecular formula is C36H30N3O4. The number of nitrogens with zero attached hydrogens (tertiary/aromatic N) is 3. The van der Waals surface area contributed by atoms with Crippen LogP contribution in [0.25, 0.3) is 43.6 Å². The largest absolute Gasteiger partial charge is 0.374 e. The van der Waals surface area contributed by atoms with E-state index >= 15 is 0 Å². The van der Waals surface area contributed by atoms with Crippen molar-refractivity contribution in [3.8, 4) is 0 Å². The minimum Gasteiger partial charge on any atom is -0.374 e. The zero-order valence-corrected chi connectivity index (χ0v) is 24.2. The van der Waals surface area contributed by atoms with E-state index in [1.54, 1.807) is 7.11 Å². The number of carbonyl (C=O) groups is 2. The average molecular weight is 569 g/mol. The number of ether oxygens (including phenoxy) is 2. The number of hydrogen-bond acceptors (Lipinski definition) is 4. The molecule has 1 fully saturated rings. The van der Waals surface area contributed by atoms with E-state index in [1.165, 1.54) is 0 Å². The lowest BCUT2D eigenvalue weighted by Gasteiger charge is -2.50. The molecule has 1 amide bonds. The monoisotopic (exact) mass is 568 g/mol. The van der Waals surface area contributed by atoms with Gasteiger partial charge in [0, 0.05) is 59.7 Å². The summed E-state index contributed by atoms with van der Waals surface area (Å²) in [6.45, 7) is 2.10. The van der Waals surface area contributed by atoms with Crippen LogP contribution in [0.15, 0.2) is 78.9 Å². The molecule has 3 aliphatic rings. The first-order valence-corrected chi connectivity index (χ1v) is 14.9. The first-order valence-electron chi connectivity index (χ1n) is 14.9. The molecule has 1 radical (unpaired) electrons. The zero-order chi connectivity index (χ0) is 29.2. The highest BCUT2D eigenvalue weighted by Gasteiger charge is 2.55. The molecule has 2 bridgehead atoms. The van der Waals surface area contributed by atoms with E-state index in [0.29, 0.717) is 18.4 Å². The summed E-state index contributed by atoms with van der Waals surface area (Å²) in [5.74, 6) is 0.0226. The molecule has 7 heteroatoms. The van der Waals surface area contributed by atoms with Gasteiger partial charge in [0.1, 0.15) is 12.3 Å². The van der Waals surface area contributed by atoms with Gasteiger partial charge in [-0.2, -0.15) is 0 Å². The van der Waals surface area contributed by atoms with Crippen molar-refractivity contribution >= 4 is 55.3 Å². The summed E-state index contributed by atoms with van der Waals surface area (Å²) in [6, 6.07) is 25.8. The number of fused-ring (bicyclic) bond motifs is 13. The maximum absolute atomic E-state index is 13.9. The lowest BCUT2D eigenvalue weighted by atomic mass is 9.91. The van der Waals surface area contributed by atoms with Crippen molar-refractivity contribution in [2.75, 3.05) is 14.2 Å². The summed E-state index contributed by atoms with van der Waals surface area (Å²) in [7, 11) is 3.58. The summed E-state index contributed by atoms with van der Waals surface area (Å²) in [5, 5.41) is 4.22. The lowest BCUT2D eigenvalue weighted by molar-refractivity contribution is -0.264. The molecule has 0 spiro atoms. The molecular weight excluding hydrogens is 538 g/mol. The van der Waals surface area contributed by atoms with E-state index in [4.69, 9.17) is 9.47 Å². The second kappa shape index (κ2) is 8.56. The highest BCUT2D eigenvalue weighted by Crippen LogP contribution is 2.54. The van der Waals surface area contributed by atoms with Gasteiger partial charge >= 0.3 is 0 Å². The third kappa shape index (κ3) is 3.01. The maximum atomic E-state index is 13.9. The fourth-order valence-electron chi connectivity index (χ4n) is 8.42. The van der Waals surface area contributed by atoms with Crippen molar-refractivity contribution < 1.29 is 19.1 Å². The number of benzene rings is 4. The summed E-state index contributed by atoms with van der Waals surface area (Å²) in [4.78, 5) is 29.3. The Bertz CT molecular complexity index is 2180. The van der Waals surface area contributed by atoms with Gasteiger partial charge in [-0.3, -0.25) is 9.59 Å². The Labute approximate surface area is 248 Å². The third-order valence-corrected chi connectivity index (χ3v) is 10.1. The number of rotatable bonds is 3. The number of likely N-dealkylation sites (N-methyl/N-ethyl adjacent to an activating group) is 1. The predicted molar refractivity (Wildman–Crippen MR) is 166 cm³/mol. The van der Waals surface area contributed by atoms with Crippen LogP contribution in [-0.2, 0) is 21.6 Å². The van der Waals surface area contributed by atoms with Crippen molar-refractivity contribution in [1.82, 2.24) is 14.0 Å². The van der Waals surface area contributed by atoms with Crippen LogP contribution in [-0.4, -0.2) is 52.0 Å². The number of methoxy groups -OCH3 is 1. The van der Waals surface area contributed by atoms with E-state index < -0.39 is 18.1 Å². The molecule has 9 rings (SSSR count). The Morgan fingerprint density at radius 1 is 0.930 bits per heavy atom.